The Labute approximate surface area is 262 Å². The van der Waals surface area contributed by atoms with Gasteiger partial charge in [-0.2, -0.15) is 18.2 Å². The molecule has 2 aromatic heterocycles. The topological polar surface area (TPSA) is 103 Å². The van der Waals surface area contributed by atoms with Gasteiger partial charge < -0.3 is 14.8 Å². The smallest absolute Gasteiger partial charge is 0.416 e. The number of carboxylic acid groups (broad SMARTS) is 1. The summed E-state index contributed by atoms with van der Waals surface area (Å²) in [6, 6.07) is 13.8. The van der Waals surface area contributed by atoms with Crippen LogP contribution in [-0.4, -0.2) is 58.3 Å². The molecular formula is C33H31F3N4O4S. The highest BCUT2D eigenvalue weighted by molar-refractivity contribution is 7.10. The Morgan fingerprint density at radius 3 is 2.33 bits per heavy atom. The van der Waals surface area contributed by atoms with E-state index in [2.05, 4.69) is 4.98 Å². The molecule has 0 N–H and O–H groups in total. The van der Waals surface area contributed by atoms with E-state index in [4.69, 9.17) is 4.98 Å². The van der Waals surface area contributed by atoms with Crippen molar-refractivity contribution in [2.24, 2.45) is 0 Å². The lowest BCUT2D eigenvalue weighted by Crippen LogP contribution is -2.67. The van der Waals surface area contributed by atoms with Gasteiger partial charge in [-0.05, 0) is 68.1 Å². The molecule has 234 valence electrons. The number of likely N-dealkylation sites (tertiary alicyclic amines) is 1. The first-order chi connectivity index (χ1) is 21.5. The highest BCUT2D eigenvalue weighted by Crippen LogP contribution is 2.37. The lowest BCUT2D eigenvalue weighted by atomic mass is 9.94. The molecule has 2 atom stereocenters. The predicted octanol–water partition coefficient (Wildman–Crippen LogP) is 6.19. The fourth-order valence-electron chi connectivity index (χ4n) is 5.87. The van der Waals surface area contributed by atoms with Gasteiger partial charge in [0.2, 0.25) is 11.6 Å². The number of hydrogen-bond acceptors (Lipinski definition) is 7. The van der Waals surface area contributed by atoms with Crippen LogP contribution >= 0.6 is 11.3 Å². The van der Waals surface area contributed by atoms with E-state index >= 15 is 0 Å². The molecule has 45 heavy (non-hydrogen) atoms. The van der Waals surface area contributed by atoms with Crippen LogP contribution in [0.15, 0.2) is 78.4 Å². The van der Waals surface area contributed by atoms with Gasteiger partial charge in [0.25, 0.3) is 12.0 Å². The first kappa shape index (κ1) is 32.0. The lowest BCUT2D eigenvalue weighted by Gasteiger charge is -2.38. The van der Waals surface area contributed by atoms with Crippen molar-refractivity contribution >= 4 is 34.9 Å². The van der Waals surface area contributed by atoms with Crippen LogP contribution in [0.3, 0.4) is 0 Å². The fraction of sp³-hybridized carbons (Fsp3) is 0.303. The Bertz CT molecular complexity index is 1690. The minimum Gasteiger partial charge on any atom is -0.498 e. The van der Waals surface area contributed by atoms with Crippen LogP contribution in [0.4, 0.5) is 23.8 Å². The van der Waals surface area contributed by atoms with Crippen molar-refractivity contribution in [3.05, 3.63) is 100 Å². The third-order valence-corrected chi connectivity index (χ3v) is 9.54. The van der Waals surface area contributed by atoms with Crippen LogP contribution in [0.25, 0.3) is 11.1 Å². The quantitative estimate of drug-likeness (QED) is 0.169. The zero-order chi connectivity index (χ0) is 32.4. The van der Waals surface area contributed by atoms with E-state index in [1.54, 1.807) is 60.5 Å². The fourth-order valence-corrected chi connectivity index (χ4v) is 6.92. The number of Topliss-reactive ketones (excluding diaryl/α,β-unsaturated/α-hetero) is 1. The molecule has 8 nitrogen and oxygen atoms in total. The number of carbonyl (C=O) groups excluding carboxylic acids is 3. The molecule has 4 aromatic rings. The maximum absolute atomic E-state index is 13.6. The average molecular weight is 637 g/mol. The van der Waals surface area contributed by atoms with Gasteiger partial charge in [0.05, 0.1) is 17.5 Å². The number of ketones is 1. The van der Waals surface area contributed by atoms with Gasteiger partial charge in [0, 0.05) is 42.5 Å². The molecule has 0 radical (unpaired) electrons. The van der Waals surface area contributed by atoms with E-state index in [1.165, 1.54) is 35.9 Å². The Balaban J connectivity index is 1.31. The van der Waals surface area contributed by atoms with Gasteiger partial charge in [-0.3, -0.25) is 14.6 Å². The molecule has 3 heterocycles. The van der Waals surface area contributed by atoms with Crippen LogP contribution in [0.2, 0.25) is 0 Å². The number of alkyl halides is 3. The molecule has 1 saturated heterocycles. The first-order valence-electron chi connectivity index (χ1n) is 14.5. The summed E-state index contributed by atoms with van der Waals surface area (Å²) < 4.78 is 38.4. The van der Waals surface area contributed by atoms with Crippen LogP contribution < -0.4 is 9.59 Å². The third kappa shape index (κ3) is 6.25. The standard InChI is InChI=1S/C33H31F3N4O4S/c1-3-40(32(43)44,21(2)29(41)24-7-6-16-37-19-24)28-20-45-30(38-28)23-14-17-39(18-15-23)31(42)27-9-5-4-8-26(27)22-10-12-25(13-11-22)33(34,35)36/h4-13,16,19-21,23H,3,14-15,17-18H2,1-2H3. The van der Waals surface area contributed by atoms with Gasteiger partial charge in [0.15, 0.2) is 6.04 Å². The molecule has 1 aliphatic rings. The highest BCUT2D eigenvalue weighted by atomic mass is 32.1. The zero-order valence-corrected chi connectivity index (χ0v) is 25.5. The minimum atomic E-state index is -4.45. The van der Waals surface area contributed by atoms with Crippen molar-refractivity contribution in [2.75, 3.05) is 19.6 Å². The summed E-state index contributed by atoms with van der Waals surface area (Å²) in [4.78, 5) is 49.9. The summed E-state index contributed by atoms with van der Waals surface area (Å²) in [6.07, 6.45) is -1.77. The number of hydrogen-bond donors (Lipinski definition) is 0. The van der Waals surface area contributed by atoms with Crippen LogP contribution in [0, 0.1) is 0 Å². The van der Waals surface area contributed by atoms with E-state index in [1.807, 2.05) is 0 Å². The van der Waals surface area contributed by atoms with Crippen LogP contribution in [0.1, 0.15) is 63.9 Å². The molecule has 0 aliphatic carbocycles. The monoisotopic (exact) mass is 636 g/mol. The second-order valence-corrected chi connectivity index (χ2v) is 11.9. The van der Waals surface area contributed by atoms with E-state index < -0.39 is 28.4 Å². The van der Waals surface area contributed by atoms with Crippen molar-refractivity contribution in [2.45, 2.75) is 44.8 Å². The summed E-state index contributed by atoms with van der Waals surface area (Å²) in [6.45, 7) is 4.12. The van der Waals surface area contributed by atoms with Crippen molar-refractivity contribution in [3.63, 3.8) is 0 Å². The van der Waals surface area contributed by atoms with Crippen molar-refractivity contribution in [3.8, 4) is 11.1 Å². The van der Waals surface area contributed by atoms with Crippen molar-refractivity contribution in [1.82, 2.24) is 19.4 Å². The Morgan fingerprint density at radius 2 is 1.73 bits per heavy atom. The molecule has 0 saturated carbocycles. The maximum Gasteiger partial charge on any atom is 0.416 e. The number of likely N-dealkylation sites (N-methyl/N-ethyl adjacent to an activating group) is 1. The Kier molecular flexibility index (Phi) is 9.17. The molecule has 0 bridgehead atoms. The molecule has 12 heteroatoms. The third-order valence-electron chi connectivity index (χ3n) is 8.54. The van der Waals surface area contributed by atoms with Crippen molar-refractivity contribution in [1.29, 1.82) is 0 Å². The zero-order valence-electron chi connectivity index (χ0n) is 24.7. The average Bonchev–Trinajstić information content (AvgIpc) is 3.55. The number of quaternary nitrogens is 1. The van der Waals surface area contributed by atoms with Gasteiger partial charge in [-0.25, -0.2) is 4.48 Å². The van der Waals surface area contributed by atoms with Crippen LogP contribution in [-0.2, 0) is 6.18 Å². The highest BCUT2D eigenvalue weighted by Gasteiger charge is 2.45. The number of nitrogens with zero attached hydrogens (tertiary/aromatic N) is 4. The number of carbonyl (C=O) groups is 3. The van der Waals surface area contributed by atoms with E-state index in [0.717, 1.165) is 17.1 Å². The molecule has 0 spiro atoms. The molecule has 1 fully saturated rings. The second-order valence-electron chi connectivity index (χ2n) is 11.0. The largest absolute Gasteiger partial charge is 0.498 e. The lowest BCUT2D eigenvalue weighted by molar-refractivity contribution is -0.265. The van der Waals surface area contributed by atoms with Gasteiger partial charge >= 0.3 is 6.18 Å². The normalized spacial score (nSPS) is 16.2. The molecule has 2 amide bonds. The number of pyridine rings is 1. The van der Waals surface area contributed by atoms with E-state index in [9.17, 15) is 32.7 Å². The maximum atomic E-state index is 13.6. The number of aromatic nitrogens is 2. The summed E-state index contributed by atoms with van der Waals surface area (Å²) in [5.41, 5.74) is 1.01. The van der Waals surface area contributed by atoms with Crippen molar-refractivity contribution < 1.29 is 32.7 Å². The van der Waals surface area contributed by atoms with Crippen LogP contribution in [0.5, 0.6) is 0 Å². The Morgan fingerprint density at radius 1 is 1.04 bits per heavy atom. The Hall–Kier alpha value is -4.42. The number of rotatable bonds is 8. The summed E-state index contributed by atoms with van der Waals surface area (Å²) in [5.74, 6) is -0.397. The van der Waals surface area contributed by atoms with Gasteiger partial charge in [0.1, 0.15) is 5.01 Å². The predicted molar refractivity (Wildman–Crippen MR) is 163 cm³/mol. The van der Waals surface area contributed by atoms with Gasteiger partial charge in [-0.1, -0.05) is 30.3 Å². The summed E-state index contributed by atoms with van der Waals surface area (Å²) in [5, 5.41) is 15.0. The molecular weight excluding hydrogens is 605 g/mol. The number of amides is 2. The van der Waals surface area contributed by atoms with Gasteiger partial charge in [-0.15, -0.1) is 11.3 Å². The molecule has 5 rings (SSSR count). The summed E-state index contributed by atoms with van der Waals surface area (Å²) >= 11 is 1.32. The minimum absolute atomic E-state index is 0.0252. The number of halogens is 3. The number of benzene rings is 2. The number of piperidine rings is 1. The first-order valence-corrected chi connectivity index (χ1v) is 15.4. The molecule has 2 aromatic carbocycles. The summed E-state index contributed by atoms with van der Waals surface area (Å²) in [7, 11) is 0. The van der Waals surface area contributed by atoms with E-state index in [0.29, 0.717) is 48.2 Å². The SMILES string of the molecule is CC[N+](C(=O)[O-])(c1csc(C2CCN(C(=O)c3ccccc3-c3ccc(C(F)(F)F)cc3)CC2)n1)C(C)C(=O)c1cccnc1. The van der Waals surface area contributed by atoms with E-state index in [-0.39, 0.29) is 30.0 Å². The number of thiazole rings is 1. The molecule has 1 aliphatic heterocycles. The molecule has 2 unspecified atom stereocenters. The second kappa shape index (κ2) is 12.9.